The Morgan fingerprint density at radius 1 is 1.43 bits per heavy atom. The van der Waals surface area contributed by atoms with Crippen LogP contribution in [0.5, 0.6) is 0 Å². The first kappa shape index (κ1) is 14.1. The van der Waals surface area contributed by atoms with E-state index in [4.69, 9.17) is 4.52 Å². The number of hydrogen-bond acceptors (Lipinski definition) is 5. The molecule has 0 N–H and O–H groups in total. The number of rotatable bonds is 4. The molecule has 0 bridgehead atoms. The van der Waals surface area contributed by atoms with E-state index in [2.05, 4.69) is 33.9 Å². The fourth-order valence-electron chi connectivity index (χ4n) is 2.78. The summed E-state index contributed by atoms with van der Waals surface area (Å²) in [5.74, 6) is 1.28. The lowest BCUT2D eigenvalue weighted by Crippen LogP contribution is -2.27. The Labute approximate surface area is 123 Å². The molecule has 0 amide bonds. The minimum atomic E-state index is -0.374. The number of pyridine rings is 1. The maximum Gasteiger partial charge on any atom is 0.244 e. The first-order valence-corrected chi connectivity index (χ1v) is 7.33. The van der Waals surface area contributed by atoms with Crippen LogP contribution in [-0.2, 0) is 0 Å². The van der Waals surface area contributed by atoms with Gasteiger partial charge in [-0.1, -0.05) is 19.0 Å². The van der Waals surface area contributed by atoms with Gasteiger partial charge in [0.1, 0.15) is 11.5 Å². The van der Waals surface area contributed by atoms with Gasteiger partial charge in [0.2, 0.25) is 11.7 Å². The normalized spacial score (nSPS) is 19.5. The number of hydrogen-bond donors (Lipinski definition) is 0. The summed E-state index contributed by atoms with van der Waals surface area (Å²) >= 11 is 0. The maximum atomic E-state index is 12.9. The highest BCUT2D eigenvalue weighted by molar-refractivity contribution is 5.47. The second kappa shape index (κ2) is 5.89. The Morgan fingerprint density at radius 3 is 3.00 bits per heavy atom. The van der Waals surface area contributed by atoms with E-state index in [1.54, 1.807) is 6.07 Å². The van der Waals surface area contributed by atoms with Crippen molar-refractivity contribution >= 4 is 0 Å². The quantitative estimate of drug-likeness (QED) is 0.866. The van der Waals surface area contributed by atoms with Gasteiger partial charge in [-0.3, -0.25) is 4.90 Å². The summed E-state index contributed by atoms with van der Waals surface area (Å²) in [5, 5.41) is 3.98. The zero-order valence-electron chi connectivity index (χ0n) is 12.3. The molecule has 3 heterocycles. The third kappa shape index (κ3) is 3.10. The zero-order chi connectivity index (χ0) is 14.8. The van der Waals surface area contributed by atoms with E-state index in [0.29, 0.717) is 23.3 Å². The molecule has 6 heteroatoms. The molecule has 0 aromatic carbocycles. The lowest BCUT2D eigenvalue weighted by molar-refractivity contribution is 0.189. The predicted molar refractivity (Wildman–Crippen MR) is 75.9 cm³/mol. The smallest absolute Gasteiger partial charge is 0.244 e. The second-order valence-electron chi connectivity index (χ2n) is 5.86. The van der Waals surface area contributed by atoms with Gasteiger partial charge in [-0.25, -0.2) is 9.37 Å². The molecule has 1 fully saturated rings. The molecule has 5 nitrogen and oxygen atoms in total. The highest BCUT2D eigenvalue weighted by Gasteiger charge is 2.31. The molecule has 2 aromatic heterocycles. The number of likely N-dealkylation sites (tertiary alicyclic amines) is 1. The van der Waals surface area contributed by atoms with Gasteiger partial charge < -0.3 is 4.52 Å². The van der Waals surface area contributed by atoms with E-state index >= 15 is 0 Å². The van der Waals surface area contributed by atoms with E-state index in [1.165, 1.54) is 6.07 Å². The van der Waals surface area contributed by atoms with Crippen molar-refractivity contribution < 1.29 is 8.91 Å². The van der Waals surface area contributed by atoms with Gasteiger partial charge >= 0.3 is 0 Å². The Morgan fingerprint density at radius 2 is 2.29 bits per heavy atom. The molecule has 0 spiro atoms. The molecule has 2 aromatic rings. The van der Waals surface area contributed by atoms with Gasteiger partial charge in [-0.15, -0.1) is 0 Å². The summed E-state index contributed by atoms with van der Waals surface area (Å²) in [6.07, 6.45) is 3.33. The van der Waals surface area contributed by atoms with Crippen molar-refractivity contribution in [1.29, 1.82) is 0 Å². The van der Waals surface area contributed by atoms with E-state index < -0.39 is 0 Å². The molecule has 1 saturated heterocycles. The first-order valence-electron chi connectivity index (χ1n) is 7.33. The van der Waals surface area contributed by atoms with Crippen LogP contribution in [0, 0.1) is 11.7 Å². The zero-order valence-corrected chi connectivity index (χ0v) is 12.3. The van der Waals surface area contributed by atoms with Crippen LogP contribution in [0.15, 0.2) is 22.9 Å². The number of nitrogens with zero attached hydrogens (tertiary/aromatic N) is 4. The summed E-state index contributed by atoms with van der Waals surface area (Å²) in [4.78, 5) is 10.8. The van der Waals surface area contributed by atoms with E-state index in [-0.39, 0.29) is 11.9 Å². The third-order valence-electron chi connectivity index (χ3n) is 3.65. The van der Waals surface area contributed by atoms with Crippen LogP contribution in [0.2, 0.25) is 0 Å². The Balaban J connectivity index is 1.79. The first-order chi connectivity index (χ1) is 10.1. The summed E-state index contributed by atoms with van der Waals surface area (Å²) in [6, 6.07) is 3.10. The third-order valence-corrected chi connectivity index (χ3v) is 3.65. The summed E-state index contributed by atoms with van der Waals surface area (Å²) in [7, 11) is 0. The average Bonchev–Trinajstić information content (AvgIpc) is 3.07. The average molecular weight is 290 g/mol. The molecule has 3 rings (SSSR count). The minimum Gasteiger partial charge on any atom is -0.337 e. The lowest BCUT2D eigenvalue weighted by atomic mass is 10.1. The largest absolute Gasteiger partial charge is 0.337 e. The molecular weight excluding hydrogens is 271 g/mol. The minimum absolute atomic E-state index is 0.189. The van der Waals surface area contributed by atoms with Crippen molar-refractivity contribution in [2.24, 2.45) is 5.92 Å². The highest BCUT2D eigenvalue weighted by Crippen LogP contribution is 2.32. The summed E-state index contributed by atoms with van der Waals surface area (Å²) < 4.78 is 18.3. The molecule has 1 aliphatic heterocycles. The highest BCUT2D eigenvalue weighted by atomic mass is 19.1. The van der Waals surface area contributed by atoms with Crippen LogP contribution in [-0.4, -0.2) is 33.1 Å². The SMILES string of the molecule is CC(C)CN1CCC[C@H]1c1nc(-c2ccc(F)cn2)no1. The van der Waals surface area contributed by atoms with Gasteiger partial charge in [0.05, 0.1) is 12.2 Å². The fraction of sp³-hybridized carbons (Fsp3) is 0.533. The van der Waals surface area contributed by atoms with E-state index in [9.17, 15) is 4.39 Å². The maximum absolute atomic E-state index is 12.9. The van der Waals surface area contributed by atoms with Crippen molar-refractivity contribution in [3.05, 3.63) is 30.0 Å². The van der Waals surface area contributed by atoms with Crippen molar-refractivity contribution in [3.63, 3.8) is 0 Å². The number of aromatic nitrogens is 3. The Hall–Kier alpha value is -1.82. The molecule has 112 valence electrons. The van der Waals surface area contributed by atoms with Crippen LogP contribution in [0.25, 0.3) is 11.5 Å². The van der Waals surface area contributed by atoms with Crippen LogP contribution in [0.3, 0.4) is 0 Å². The van der Waals surface area contributed by atoms with Gasteiger partial charge in [0.25, 0.3) is 0 Å². The van der Waals surface area contributed by atoms with Crippen LogP contribution >= 0.6 is 0 Å². The van der Waals surface area contributed by atoms with Gasteiger partial charge in [-0.05, 0) is 37.4 Å². The van der Waals surface area contributed by atoms with Crippen LogP contribution < -0.4 is 0 Å². The molecule has 21 heavy (non-hydrogen) atoms. The van der Waals surface area contributed by atoms with Gasteiger partial charge in [-0.2, -0.15) is 4.98 Å². The number of halogens is 1. The predicted octanol–water partition coefficient (Wildman–Crippen LogP) is 3.06. The standard InChI is InChI=1S/C15H19FN4O/c1-10(2)9-20-7-3-4-13(20)15-18-14(19-21-15)12-6-5-11(16)8-17-12/h5-6,8,10,13H,3-4,7,9H2,1-2H3/t13-/m0/s1. The summed E-state index contributed by atoms with van der Waals surface area (Å²) in [5.41, 5.74) is 0.528. The lowest BCUT2D eigenvalue weighted by Gasteiger charge is -2.23. The van der Waals surface area contributed by atoms with Crippen molar-refractivity contribution in [2.75, 3.05) is 13.1 Å². The second-order valence-corrected chi connectivity index (χ2v) is 5.86. The summed E-state index contributed by atoms with van der Waals surface area (Å²) in [6.45, 7) is 6.50. The molecule has 0 aliphatic carbocycles. The van der Waals surface area contributed by atoms with Crippen molar-refractivity contribution in [3.8, 4) is 11.5 Å². The van der Waals surface area contributed by atoms with Crippen LogP contribution in [0.4, 0.5) is 4.39 Å². The molecule has 1 atom stereocenters. The van der Waals surface area contributed by atoms with E-state index in [0.717, 1.165) is 32.1 Å². The molecule has 0 saturated carbocycles. The van der Waals surface area contributed by atoms with Crippen molar-refractivity contribution in [1.82, 2.24) is 20.0 Å². The molecular formula is C15H19FN4O. The molecule has 0 unspecified atom stereocenters. The molecule has 0 radical (unpaired) electrons. The van der Waals surface area contributed by atoms with E-state index in [1.807, 2.05) is 0 Å². The van der Waals surface area contributed by atoms with Gasteiger partial charge in [0, 0.05) is 6.54 Å². The molecule has 1 aliphatic rings. The fourth-order valence-corrected chi connectivity index (χ4v) is 2.78. The monoisotopic (exact) mass is 290 g/mol. The van der Waals surface area contributed by atoms with Crippen LogP contribution in [0.1, 0.15) is 38.6 Å². The Kier molecular flexibility index (Phi) is 3.96. The van der Waals surface area contributed by atoms with Gasteiger partial charge in [0.15, 0.2) is 0 Å². The van der Waals surface area contributed by atoms with Crippen molar-refractivity contribution in [2.45, 2.75) is 32.7 Å². The topological polar surface area (TPSA) is 55.1 Å². The Bertz CT molecular complexity index is 596.